The summed E-state index contributed by atoms with van der Waals surface area (Å²) in [6, 6.07) is 7.58. The molecule has 1 N–H and O–H groups in total. The van der Waals surface area contributed by atoms with Gasteiger partial charge in [0.15, 0.2) is 0 Å². The average Bonchev–Trinajstić information content (AvgIpc) is 2.90. The Kier molecular flexibility index (Phi) is 5.90. The fraction of sp³-hybridized carbons (Fsp3) is 0.400. The topological polar surface area (TPSA) is 77.2 Å². The van der Waals surface area contributed by atoms with Gasteiger partial charge in [0.25, 0.3) is 5.22 Å². The first-order valence-electron chi connectivity index (χ1n) is 6.99. The fourth-order valence-corrected chi connectivity index (χ4v) is 2.65. The van der Waals surface area contributed by atoms with E-state index in [4.69, 9.17) is 20.8 Å². The van der Waals surface area contributed by atoms with Crippen LogP contribution in [0.2, 0.25) is 5.02 Å². The number of aromatic nitrogens is 2. The Hall–Kier alpha value is -1.73. The molecule has 0 saturated carbocycles. The van der Waals surface area contributed by atoms with Crippen molar-refractivity contribution in [3.05, 3.63) is 40.7 Å². The maximum absolute atomic E-state index is 11.5. The predicted octanol–water partition coefficient (Wildman–Crippen LogP) is 4.04. The number of benzene rings is 1. The Morgan fingerprint density at radius 1 is 1.35 bits per heavy atom. The summed E-state index contributed by atoms with van der Waals surface area (Å²) in [6.45, 7) is 5.50. The van der Waals surface area contributed by atoms with Crippen LogP contribution in [0.5, 0.6) is 0 Å². The van der Waals surface area contributed by atoms with Gasteiger partial charge in [-0.05, 0) is 32.4 Å². The van der Waals surface area contributed by atoms with Crippen molar-refractivity contribution in [1.29, 1.82) is 0 Å². The van der Waals surface area contributed by atoms with E-state index in [-0.39, 0.29) is 6.54 Å². The van der Waals surface area contributed by atoms with Crippen molar-refractivity contribution in [2.24, 2.45) is 0 Å². The van der Waals surface area contributed by atoms with Gasteiger partial charge >= 0.3 is 6.09 Å². The van der Waals surface area contributed by atoms with Crippen LogP contribution in [0.3, 0.4) is 0 Å². The van der Waals surface area contributed by atoms with Gasteiger partial charge in [-0.2, -0.15) is 0 Å². The van der Waals surface area contributed by atoms with E-state index < -0.39 is 11.7 Å². The zero-order valence-corrected chi connectivity index (χ0v) is 14.7. The molecule has 0 aliphatic carbocycles. The number of thioether (sulfide) groups is 1. The monoisotopic (exact) mass is 355 g/mol. The van der Waals surface area contributed by atoms with E-state index in [2.05, 4.69) is 15.5 Å². The number of alkyl carbamates (subject to hydrolysis) is 1. The van der Waals surface area contributed by atoms with Gasteiger partial charge in [-0.15, -0.1) is 10.2 Å². The van der Waals surface area contributed by atoms with Crippen molar-refractivity contribution < 1.29 is 13.9 Å². The number of hydrogen-bond acceptors (Lipinski definition) is 6. The van der Waals surface area contributed by atoms with E-state index in [1.54, 1.807) is 20.8 Å². The lowest BCUT2D eigenvalue weighted by Crippen LogP contribution is -2.32. The van der Waals surface area contributed by atoms with E-state index in [0.29, 0.717) is 21.9 Å². The molecular weight excluding hydrogens is 338 g/mol. The van der Waals surface area contributed by atoms with E-state index in [9.17, 15) is 4.79 Å². The van der Waals surface area contributed by atoms with Crippen molar-refractivity contribution in [2.45, 2.75) is 43.9 Å². The van der Waals surface area contributed by atoms with Gasteiger partial charge in [-0.1, -0.05) is 41.6 Å². The largest absolute Gasteiger partial charge is 0.444 e. The molecule has 1 amide bonds. The molecule has 0 fully saturated rings. The minimum atomic E-state index is -0.547. The van der Waals surface area contributed by atoms with Gasteiger partial charge in [0, 0.05) is 10.8 Å². The second-order valence-corrected chi connectivity index (χ2v) is 7.03. The molecule has 1 aromatic heterocycles. The summed E-state index contributed by atoms with van der Waals surface area (Å²) < 4.78 is 10.6. The molecule has 0 radical (unpaired) electrons. The SMILES string of the molecule is CC(C)(C)OC(=O)NCc1nnc(SCc2ccccc2Cl)o1. The number of rotatable bonds is 5. The van der Waals surface area contributed by atoms with E-state index in [1.165, 1.54) is 11.8 Å². The second kappa shape index (κ2) is 7.70. The highest BCUT2D eigenvalue weighted by Gasteiger charge is 2.16. The Balaban J connectivity index is 1.82. The predicted molar refractivity (Wildman–Crippen MR) is 88.4 cm³/mol. The molecule has 0 saturated heterocycles. The van der Waals surface area contributed by atoms with Gasteiger partial charge in [0.2, 0.25) is 5.89 Å². The van der Waals surface area contributed by atoms with Crippen molar-refractivity contribution in [3.8, 4) is 0 Å². The number of halogens is 1. The number of carbonyl (C=O) groups excluding carboxylic acids is 1. The van der Waals surface area contributed by atoms with Crippen LogP contribution < -0.4 is 5.32 Å². The van der Waals surface area contributed by atoms with Crippen LogP contribution in [0, 0.1) is 0 Å². The van der Waals surface area contributed by atoms with E-state index in [1.807, 2.05) is 24.3 Å². The van der Waals surface area contributed by atoms with Crippen LogP contribution in [0.15, 0.2) is 33.9 Å². The summed E-state index contributed by atoms with van der Waals surface area (Å²) in [4.78, 5) is 11.5. The number of hydrogen-bond donors (Lipinski definition) is 1. The van der Waals surface area contributed by atoms with Gasteiger partial charge in [-0.3, -0.25) is 0 Å². The first-order valence-corrected chi connectivity index (χ1v) is 8.35. The van der Waals surface area contributed by atoms with Gasteiger partial charge in [-0.25, -0.2) is 4.79 Å². The van der Waals surface area contributed by atoms with Crippen LogP contribution in [-0.4, -0.2) is 21.9 Å². The Labute approximate surface area is 143 Å². The first-order chi connectivity index (χ1) is 10.8. The molecule has 8 heteroatoms. The Morgan fingerprint density at radius 2 is 2.09 bits per heavy atom. The summed E-state index contributed by atoms with van der Waals surface area (Å²) >= 11 is 7.48. The number of carbonyl (C=O) groups is 1. The van der Waals surface area contributed by atoms with Crippen molar-refractivity contribution in [3.63, 3.8) is 0 Å². The number of ether oxygens (including phenoxy) is 1. The summed E-state index contributed by atoms with van der Waals surface area (Å²) in [5.74, 6) is 0.943. The quantitative estimate of drug-likeness (QED) is 0.815. The summed E-state index contributed by atoms with van der Waals surface area (Å²) in [6.07, 6.45) is -0.527. The van der Waals surface area contributed by atoms with Crippen LogP contribution in [0.25, 0.3) is 0 Å². The zero-order valence-electron chi connectivity index (χ0n) is 13.1. The standard InChI is InChI=1S/C15H18ClN3O3S/c1-15(2,3)22-13(20)17-8-12-18-19-14(21-12)23-9-10-6-4-5-7-11(10)16/h4-7H,8-9H2,1-3H3,(H,17,20). The molecule has 2 rings (SSSR count). The molecular formula is C15H18ClN3O3S. The number of amides is 1. The molecule has 0 bridgehead atoms. The minimum absolute atomic E-state index is 0.120. The summed E-state index contributed by atoms with van der Waals surface area (Å²) in [5, 5.41) is 11.5. The third-order valence-electron chi connectivity index (χ3n) is 2.54. The normalized spacial score (nSPS) is 11.3. The van der Waals surface area contributed by atoms with Crippen molar-refractivity contribution in [1.82, 2.24) is 15.5 Å². The molecule has 0 atom stereocenters. The van der Waals surface area contributed by atoms with Crippen LogP contribution in [0.4, 0.5) is 4.79 Å². The summed E-state index contributed by atoms with van der Waals surface area (Å²) in [7, 11) is 0. The van der Waals surface area contributed by atoms with Gasteiger partial charge in [0.05, 0.1) is 6.54 Å². The minimum Gasteiger partial charge on any atom is -0.444 e. The average molecular weight is 356 g/mol. The lowest BCUT2D eigenvalue weighted by molar-refractivity contribution is 0.0518. The molecule has 1 heterocycles. The molecule has 6 nitrogen and oxygen atoms in total. The molecule has 124 valence electrons. The molecule has 0 aliphatic rings. The van der Waals surface area contributed by atoms with Gasteiger partial charge in [0.1, 0.15) is 5.60 Å². The molecule has 23 heavy (non-hydrogen) atoms. The molecule has 2 aromatic rings. The Morgan fingerprint density at radius 3 is 2.78 bits per heavy atom. The van der Waals surface area contributed by atoms with Crippen molar-refractivity contribution in [2.75, 3.05) is 0 Å². The first kappa shape index (κ1) is 17.6. The van der Waals surface area contributed by atoms with Crippen LogP contribution in [0.1, 0.15) is 32.2 Å². The van der Waals surface area contributed by atoms with E-state index >= 15 is 0 Å². The number of nitrogens with one attached hydrogen (secondary N) is 1. The third kappa shape index (κ3) is 6.11. The second-order valence-electron chi connectivity index (χ2n) is 5.70. The molecule has 1 aromatic carbocycles. The molecule has 0 aliphatic heterocycles. The third-order valence-corrected chi connectivity index (χ3v) is 3.78. The Bertz CT molecular complexity index is 670. The van der Waals surface area contributed by atoms with Crippen LogP contribution in [-0.2, 0) is 17.0 Å². The molecule has 0 spiro atoms. The summed E-state index contributed by atoms with van der Waals surface area (Å²) in [5.41, 5.74) is 0.445. The maximum Gasteiger partial charge on any atom is 0.408 e. The van der Waals surface area contributed by atoms with Gasteiger partial charge < -0.3 is 14.5 Å². The maximum atomic E-state index is 11.5. The van der Waals surface area contributed by atoms with Crippen LogP contribution >= 0.6 is 23.4 Å². The zero-order chi connectivity index (χ0) is 16.9. The lowest BCUT2D eigenvalue weighted by atomic mass is 10.2. The molecule has 0 unspecified atom stereocenters. The van der Waals surface area contributed by atoms with Crippen molar-refractivity contribution >= 4 is 29.5 Å². The highest BCUT2D eigenvalue weighted by Crippen LogP contribution is 2.25. The highest BCUT2D eigenvalue weighted by molar-refractivity contribution is 7.98. The lowest BCUT2D eigenvalue weighted by Gasteiger charge is -2.19. The number of nitrogens with zero attached hydrogens (tertiary/aromatic N) is 2. The highest BCUT2D eigenvalue weighted by atomic mass is 35.5. The van der Waals surface area contributed by atoms with E-state index in [0.717, 1.165) is 5.56 Å². The fourth-order valence-electron chi connectivity index (χ4n) is 1.58. The smallest absolute Gasteiger partial charge is 0.408 e.